The van der Waals surface area contributed by atoms with Gasteiger partial charge in [0.15, 0.2) is 6.61 Å². The highest BCUT2D eigenvalue weighted by molar-refractivity contribution is 8.18. The van der Waals surface area contributed by atoms with Gasteiger partial charge < -0.3 is 9.84 Å². The Morgan fingerprint density at radius 3 is 2.80 bits per heavy atom. The summed E-state index contributed by atoms with van der Waals surface area (Å²) in [4.78, 5) is 33.2. The maximum absolute atomic E-state index is 11.5. The van der Waals surface area contributed by atoms with Crippen LogP contribution in [0.2, 0.25) is 5.02 Å². The standard InChI is InChI=1S/C12H8ClNO5S/c13-7-1-2-8(19-5-10(15)16)6(3-7)4-9-11(17)14-12(18)20-9/h1-4H,5H2,(H,15,16)(H,14,17,18). The Hall–Kier alpha value is -1.99. The third kappa shape index (κ3) is 3.52. The fraction of sp³-hybridized carbons (Fsp3) is 0.0833. The van der Waals surface area contributed by atoms with Crippen LogP contribution in [-0.2, 0) is 9.59 Å². The molecule has 0 atom stereocenters. The van der Waals surface area contributed by atoms with Gasteiger partial charge in [0.05, 0.1) is 4.91 Å². The van der Waals surface area contributed by atoms with Crippen molar-refractivity contribution in [2.24, 2.45) is 0 Å². The van der Waals surface area contributed by atoms with E-state index in [4.69, 9.17) is 21.4 Å². The van der Waals surface area contributed by atoms with Gasteiger partial charge in [0.25, 0.3) is 11.1 Å². The van der Waals surface area contributed by atoms with Crippen molar-refractivity contribution in [3.63, 3.8) is 0 Å². The van der Waals surface area contributed by atoms with E-state index >= 15 is 0 Å². The topological polar surface area (TPSA) is 92.7 Å². The third-order valence-corrected chi connectivity index (χ3v) is 3.30. The molecule has 1 aliphatic heterocycles. The molecular weight excluding hydrogens is 306 g/mol. The number of benzene rings is 1. The van der Waals surface area contributed by atoms with Gasteiger partial charge in [-0.1, -0.05) is 11.6 Å². The highest BCUT2D eigenvalue weighted by atomic mass is 35.5. The van der Waals surface area contributed by atoms with Crippen LogP contribution in [0.4, 0.5) is 4.79 Å². The molecule has 1 saturated heterocycles. The minimum atomic E-state index is -1.12. The minimum absolute atomic E-state index is 0.192. The molecule has 1 aromatic rings. The van der Waals surface area contributed by atoms with Crippen LogP contribution in [0, 0.1) is 0 Å². The summed E-state index contributed by atoms with van der Waals surface area (Å²) in [6, 6.07) is 4.55. The third-order valence-electron chi connectivity index (χ3n) is 2.25. The van der Waals surface area contributed by atoms with E-state index in [1.54, 1.807) is 0 Å². The number of rotatable bonds is 4. The average Bonchev–Trinajstić information content (AvgIpc) is 2.66. The molecule has 8 heteroatoms. The second-order valence-corrected chi connectivity index (χ2v) is 5.17. The SMILES string of the molecule is O=C(O)COc1ccc(Cl)cc1C=C1SC(=O)NC1=O. The van der Waals surface area contributed by atoms with Crippen molar-refractivity contribution < 1.29 is 24.2 Å². The molecule has 2 N–H and O–H groups in total. The molecule has 0 spiro atoms. The predicted octanol–water partition coefficient (Wildman–Crippen LogP) is 2.13. The summed E-state index contributed by atoms with van der Waals surface area (Å²) in [6.45, 7) is -0.518. The predicted molar refractivity (Wildman–Crippen MR) is 73.7 cm³/mol. The van der Waals surface area contributed by atoms with Crippen molar-refractivity contribution in [1.29, 1.82) is 0 Å². The zero-order valence-electron chi connectivity index (χ0n) is 9.88. The summed E-state index contributed by atoms with van der Waals surface area (Å²) in [5.74, 6) is -1.37. The molecule has 0 aliphatic carbocycles. The Morgan fingerprint density at radius 1 is 1.45 bits per heavy atom. The second-order valence-electron chi connectivity index (χ2n) is 3.72. The lowest BCUT2D eigenvalue weighted by atomic mass is 10.2. The maximum Gasteiger partial charge on any atom is 0.341 e. The van der Waals surface area contributed by atoms with E-state index < -0.39 is 23.7 Å². The Labute approximate surface area is 122 Å². The highest BCUT2D eigenvalue weighted by Crippen LogP contribution is 2.30. The molecule has 0 radical (unpaired) electrons. The summed E-state index contributed by atoms with van der Waals surface area (Å²) in [5, 5.41) is 10.7. The smallest absolute Gasteiger partial charge is 0.341 e. The molecule has 0 saturated carbocycles. The molecule has 0 unspecified atom stereocenters. The zero-order valence-corrected chi connectivity index (χ0v) is 11.5. The lowest BCUT2D eigenvalue weighted by molar-refractivity contribution is -0.139. The minimum Gasteiger partial charge on any atom is -0.481 e. The van der Waals surface area contributed by atoms with Crippen molar-refractivity contribution >= 4 is 46.6 Å². The first-order valence-corrected chi connectivity index (χ1v) is 6.54. The fourth-order valence-corrected chi connectivity index (χ4v) is 2.32. The van der Waals surface area contributed by atoms with Gasteiger partial charge >= 0.3 is 5.97 Å². The number of carbonyl (C=O) groups is 3. The summed E-state index contributed by atoms with van der Waals surface area (Å²) in [6.07, 6.45) is 1.42. The average molecular weight is 314 g/mol. The van der Waals surface area contributed by atoms with Crippen LogP contribution in [0.15, 0.2) is 23.1 Å². The van der Waals surface area contributed by atoms with Crippen LogP contribution < -0.4 is 10.1 Å². The number of carboxylic acid groups (broad SMARTS) is 1. The van der Waals surface area contributed by atoms with Crippen molar-refractivity contribution in [3.05, 3.63) is 33.7 Å². The summed E-state index contributed by atoms with van der Waals surface area (Å²) in [5.41, 5.74) is 0.422. The second kappa shape index (κ2) is 5.98. The van der Waals surface area contributed by atoms with Crippen molar-refractivity contribution in [1.82, 2.24) is 5.32 Å². The van der Waals surface area contributed by atoms with Gasteiger partial charge in [-0.05, 0) is 36.0 Å². The number of imide groups is 1. The molecule has 2 rings (SSSR count). The number of thioether (sulfide) groups is 1. The quantitative estimate of drug-likeness (QED) is 0.827. The van der Waals surface area contributed by atoms with Gasteiger partial charge in [-0.15, -0.1) is 0 Å². The van der Waals surface area contributed by atoms with Gasteiger partial charge in [-0.25, -0.2) is 4.79 Å². The van der Waals surface area contributed by atoms with Crippen LogP contribution in [0.25, 0.3) is 6.08 Å². The number of carbonyl (C=O) groups excluding carboxylic acids is 2. The van der Waals surface area contributed by atoms with Gasteiger partial charge in [0, 0.05) is 10.6 Å². The normalized spacial score (nSPS) is 16.4. The van der Waals surface area contributed by atoms with Crippen molar-refractivity contribution in [2.45, 2.75) is 0 Å². The van der Waals surface area contributed by atoms with E-state index in [-0.39, 0.29) is 10.7 Å². The molecule has 1 aliphatic rings. The van der Waals surface area contributed by atoms with Gasteiger partial charge in [-0.2, -0.15) is 0 Å². The van der Waals surface area contributed by atoms with E-state index in [1.165, 1.54) is 24.3 Å². The summed E-state index contributed by atoms with van der Waals surface area (Å²) >= 11 is 6.61. The van der Waals surface area contributed by atoms with E-state index in [0.717, 1.165) is 11.8 Å². The van der Waals surface area contributed by atoms with Crippen LogP contribution >= 0.6 is 23.4 Å². The Morgan fingerprint density at radius 2 is 2.20 bits per heavy atom. The first-order chi connectivity index (χ1) is 9.45. The molecular formula is C12H8ClNO5S. The van der Waals surface area contributed by atoms with Gasteiger partial charge in [-0.3, -0.25) is 14.9 Å². The van der Waals surface area contributed by atoms with Gasteiger partial charge in [0.2, 0.25) is 0 Å². The summed E-state index contributed by atoms with van der Waals surface area (Å²) < 4.78 is 5.10. The van der Waals surface area contributed by atoms with E-state index in [1.807, 2.05) is 0 Å². The van der Waals surface area contributed by atoms with E-state index in [2.05, 4.69) is 5.32 Å². The molecule has 0 bridgehead atoms. The van der Waals surface area contributed by atoms with Crippen LogP contribution in [0.1, 0.15) is 5.56 Å². The monoisotopic (exact) mass is 313 g/mol. The number of aliphatic carboxylic acids is 1. The molecule has 1 heterocycles. The largest absolute Gasteiger partial charge is 0.481 e. The number of carboxylic acids is 1. The zero-order chi connectivity index (χ0) is 14.7. The lowest BCUT2D eigenvalue weighted by Crippen LogP contribution is -2.17. The van der Waals surface area contributed by atoms with Crippen molar-refractivity contribution in [3.8, 4) is 5.75 Å². The molecule has 1 aromatic carbocycles. The molecule has 20 heavy (non-hydrogen) atoms. The summed E-state index contributed by atoms with van der Waals surface area (Å²) in [7, 11) is 0. The number of amides is 2. The van der Waals surface area contributed by atoms with Gasteiger partial charge in [0.1, 0.15) is 5.75 Å². The Bertz CT molecular complexity index is 628. The van der Waals surface area contributed by atoms with Crippen LogP contribution in [-0.4, -0.2) is 28.8 Å². The Balaban J connectivity index is 2.32. The first-order valence-electron chi connectivity index (χ1n) is 5.34. The van der Waals surface area contributed by atoms with Crippen molar-refractivity contribution in [2.75, 3.05) is 6.61 Å². The van der Waals surface area contributed by atoms with E-state index in [9.17, 15) is 14.4 Å². The number of hydrogen-bond acceptors (Lipinski definition) is 5. The molecule has 1 fully saturated rings. The van der Waals surface area contributed by atoms with Crippen LogP contribution in [0.5, 0.6) is 5.75 Å². The number of halogens is 1. The fourth-order valence-electron chi connectivity index (χ4n) is 1.47. The lowest BCUT2D eigenvalue weighted by Gasteiger charge is -2.07. The number of hydrogen-bond donors (Lipinski definition) is 2. The first kappa shape index (κ1) is 14.4. The molecule has 2 amide bonds. The molecule has 104 valence electrons. The number of ether oxygens (including phenoxy) is 1. The maximum atomic E-state index is 11.5. The highest BCUT2D eigenvalue weighted by Gasteiger charge is 2.25. The Kier molecular flexibility index (Phi) is 4.31. The molecule has 0 aromatic heterocycles. The number of nitrogens with one attached hydrogen (secondary N) is 1. The van der Waals surface area contributed by atoms with E-state index in [0.29, 0.717) is 10.6 Å². The van der Waals surface area contributed by atoms with Crippen LogP contribution in [0.3, 0.4) is 0 Å². The molecule has 6 nitrogen and oxygen atoms in total.